The largest absolute Gasteiger partial charge is 0.498 e. The van der Waals surface area contributed by atoms with E-state index in [9.17, 15) is 43.9 Å². The van der Waals surface area contributed by atoms with Gasteiger partial charge in [-0.1, -0.05) is 29.3 Å². The molecule has 1 atom stereocenters. The molecule has 2 aromatic rings. The molecule has 1 saturated carbocycles. The van der Waals surface area contributed by atoms with Crippen LogP contribution in [0.4, 0.5) is 36.4 Å². The summed E-state index contributed by atoms with van der Waals surface area (Å²) in [6.45, 7) is -1.89. The van der Waals surface area contributed by atoms with Gasteiger partial charge in [0.25, 0.3) is 9.84 Å². The number of halogens is 9. The average Bonchev–Trinajstić information content (AvgIpc) is 3.56. The Labute approximate surface area is 222 Å². The third-order valence-electron chi connectivity index (χ3n) is 6.70. The van der Waals surface area contributed by atoms with Crippen LogP contribution < -0.4 is 10.2 Å². The van der Waals surface area contributed by atoms with E-state index in [-0.39, 0.29) is 28.1 Å². The smallest absolute Gasteiger partial charge is 0.370 e. The number of alkyl halides is 6. The fourth-order valence-corrected chi connectivity index (χ4v) is 6.61. The van der Waals surface area contributed by atoms with E-state index in [1.165, 1.54) is 6.07 Å². The zero-order chi connectivity index (χ0) is 28.3. The van der Waals surface area contributed by atoms with Gasteiger partial charge >= 0.3 is 11.7 Å². The third kappa shape index (κ3) is 5.16. The van der Waals surface area contributed by atoms with Gasteiger partial charge in [-0.3, -0.25) is 4.79 Å². The van der Waals surface area contributed by atoms with Gasteiger partial charge in [0.15, 0.2) is 0 Å². The first kappa shape index (κ1) is 28.8. The molecule has 38 heavy (non-hydrogen) atoms. The van der Waals surface area contributed by atoms with Crippen LogP contribution in [0.1, 0.15) is 36.0 Å². The molecule has 1 unspecified atom stereocenters. The van der Waals surface area contributed by atoms with Crippen molar-refractivity contribution >= 4 is 44.6 Å². The monoisotopic (exact) mass is 606 g/mol. The number of sulfone groups is 1. The quantitative estimate of drug-likeness (QED) is 0.313. The predicted molar refractivity (Wildman–Crippen MR) is 126 cm³/mol. The van der Waals surface area contributed by atoms with Crippen LogP contribution >= 0.6 is 23.2 Å². The topological polar surface area (TPSA) is 66.5 Å². The first-order valence-corrected chi connectivity index (χ1v) is 13.4. The minimum atomic E-state index is -6.12. The highest BCUT2D eigenvalue weighted by molar-refractivity contribution is 7.93. The second kappa shape index (κ2) is 9.74. The van der Waals surface area contributed by atoms with Gasteiger partial charge in [0.05, 0.1) is 10.6 Å². The van der Waals surface area contributed by atoms with Gasteiger partial charge in [-0.2, -0.15) is 26.3 Å². The first-order valence-electron chi connectivity index (χ1n) is 11.2. The molecule has 0 spiro atoms. The van der Waals surface area contributed by atoms with Crippen LogP contribution in [0.25, 0.3) is 0 Å². The summed E-state index contributed by atoms with van der Waals surface area (Å²) in [6.07, 6.45) is -4.40. The van der Waals surface area contributed by atoms with Crippen LogP contribution in [0.3, 0.4) is 0 Å². The number of hydrogen-bond donors (Lipinski definition) is 1. The summed E-state index contributed by atoms with van der Waals surface area (Å²) in [5.74, 6) is -2.05. The van der Waals surface area contributed by atoms with Gasteiger partial charge in [-0.05, 0) is 49.1 Å². The summed E-state index contributed by atoms with van der Waals surface area (Å²) in [5.41, 5.74) is -8.41. The van der Waals surface area contributed by atoms with E-state index in [0.717, 1.165) is 23.1 Å². The molecule has 208 valence electrons. The molecule has 1 N–H and O–H groups in total. The minimum Gasteiger partial charge on any atom is -0.370 e. The molecule has 1 aliphatic carbocycles. The van der Waals surface area contributed by atoms with E-state index in [4.69, 9.17) is 23.2 Å². The number of nitrogens with one attached hydrogen (secondary N) is 1. The van der Waals surface area contributed by atoms with E-state index in [1.54, 1.807) is 0 Å². The molecule has 0 bridgehead atoms. The van der Waals surface area contributed by atoms with E-state index in [2.05, 4.69) is 5.32 Å². The number of anilines is 1. The number of benzene rings is 2. The number of nitrogens with zero attached hydrogens (tertiary/aromatic N) is 1. The van der Waals surface area contributed by atoms with Crippen molar-refractivity contribution < 1.29 is 43.9 Å². The highest BCUT2D eigenvalue weighted by Gasteiger charge is 2.63. The Morgan fingerprint density at radius 2 is 1.74 bits per heavy atom. The maximum absolute atomic E-state index is 15.0. The van der Waals surface area contributed by atoms with Crippen molar-refractivity contribution in [2.45, 2.75) is 42.2 Å². The fourth-order valence-electron chi connectivity index (χ4n) is 4.55. The number of amides is 1. The molecule has 1 amide bonds. The lowest BCUT2D eigenvalue weighted by Gasteiger charge is -2.31. The van der Waals surface area contributed by atoms with Gasteiger partial charge in [0, 0.05) is 41.8 Å². The lowest BCUT2D eigenvalue weighted by Crippen LogP contribution is -2.46. The lowest BCUT2D eigenvalue weighted by molar-refractivity contribution is -0.138. The van der Waals surface area contributed by atoms with Crippen molar-refractivity contribution in [3.8, 4) is 0 Å². The number of carbonyl (C=O) groups excluding carboxylic acids is 1. The van der Waals surface area contributed by atoms with Crippen molar-refractivity contribution in [2.24, 2.45) is 5.92 Å². The number of carbonyl (C=O) groups is 1. The number of hydrogen-bond acceptors (Lipinski definition) is 4. The maximum Gasteiger partial charge on any atom is 0.498 e. The Morgan fingerprint density at radius 3 is 2.32 bits per heavy atom. The van der Waals surface area contributed by atoms with Gasteiger partial charge in [-0.15, -0.1) is 0 Å². The summed E-state index contributed by atoms with van der Waals surface area (Å²) in [4.78, 5) is 12.9. The normalized spacial score (nSPS) is 20.6. The SMILES string of the molecule is O=C(NCc1ccc(N2CCC(c3cc(Cl)cc(Cl)c3F)(S(=O)(=O)C(F)(F)F)C2)cc1C(F)(F)F)C1CC1. The standard InChI is InChI=1S/C23H19Cl2F7N2O3S/c24-14-7-17(19(26)18(25)8-14)21(38(36,37)23(30,31)32)5-6-34(11-21)15-4-3-13(16(9-15)22(27,28)29)10-33-20(35)12-1-2-12/h3-4,7-9,12H,1-2,5-6,10-11H2,(H,33,35). The summed E-state index contributed by atoms with van der Waals surface area (Å²) in [7, 11) is -6.12. The molecule has 4 rings (SSSR count). The second-order valence-corrected chi connectivity index (χ2v) is 12.3. The van der Waals surface area contributed by atoms with Gasteiger partial charge in [-0.25, -0.2) is 12.8 Å². The molecule has 15 heteroatoms. The Kier molecular flexibility index (Phi) is 7.37. The molecule has 5 nitrogen and oxygen atoms in total. The minimum absolute atomic E-state index is 0.234. The van der Waals surface area contributed by atoms with Crippen LogP contribution in [0.5, 0.6) is 0 Å². The van der Waals surface area contributed by atoms with Crippen LogP contribution in [0, 0.1) is 11.7 Å². The zero-order valence-electron chi connectivity index (χ0n) is 19.2. The third-order valence-corrected chi connectivity index (χ3v) is 9.38. The van der Waals surface area contributed by atoms with E-state index >= 15 is 0 Å². The molecular formula is C23H19Cl2F7N2O3S. The molecule has 1 heterocycles. The van der Waals surface area contributed by atoms with E-state index < -0.39 is 74.3 Å². The maximum atomic E-state index is 15.0. The van der Waals surface area contributed by atoms with Crippen molar-refractivity contribution in [2.75, 3.05) is 18.0 Å². The lowest BCUT2D eigenvalue weighted by atomic mass is 9.96. The Hall–Kier alpha value is -2.25. The number of rotatable bonds is 6. The van der Waals surface area contributed by atoms with Crippen LogP contribution in [0.15, 0.2) is 30.3 Å². The predicted octanol–water partition coefficient (Wildman–Crippen LogP) is 6.22. The molecule has 2 fully saturated rings. The highest BCUT2D eigenvalue weighted by atomic mass is 35.5. The molecular weight excluding hydrogens is 588 g/mol. The van der Waals surface area contributed by atoms with Crippen LogP contribution in [-0.2, 0) is 32.1 Å². The Morgan fingerprint density at radius 1 is 1.08 bits per heavy atom. The van der Waals surface area contributed by atoms with Gasteiger partial charge in [0.2, 0.25) is 5.91 Å². The molecule has 2 aliphatic rings. The molecule has 0 aromatic heterocycles. The Balaban J connectivity index is 1.75. The average molecular weight is 607 g/mol. The van der Waals surface area contributed by atoms with Gasteiger partial charge < -0.3 is 10.2 Å². The molecule has 2 aromatic carbocycles. The second-order valence-electron chi connectivity index (χ2n) is 9.20. The van der Waals surface area contributed by atoms with E-state index in [1.807, 2.05) is 0 Å². The van der Waals surface area contributed by atoms with Crippen molar-refractivity contribution in [3.05, 3.63) is 62.9 Å². The summed E-state index contributed by atoms with van der Waals surface area (Å²) >= 11 is 11.6. The fraction of sp³-hybridized carbons (Fsp3) is 0.435. The first-order chi connectivity index (χ1) is 17.5. The molecule has 1 aliphatic heterocycles. The molecule has 1 saturated heterocycles. The van der Waals surface area contributed by atoms with Crippen LogP contribution in [-0.4, -0.2) is 32.9 Å². The zero-order valence-corrected chi connectivity index (χ0v) is 21.5. The molecule has 0 radical (unpaired) electrons. The van der Waals surface area contributed by atoms with E-state index in [0.29, 0.717) is 18.9 Å². The van der Waals surface area contributed by atoms with Crippen molar-refractivity contribution in [1.82, 2.24) is 5.32 Å². The van der Waals surface area contributed by atoms with Crippen molar-refractivity contribution in [3.63, 3.8) is 0 Å². The summed E-state index contributed by atoms with van der Waals surface area (Å²) in [6, 6.07) is 4.50. The summed E-state index contributed by atoms with van der Waals surface area (Å²) in [5, 5.41) is 1.40. The van der Waals surface area contributed by atoms with Crippen molar-refractivity contribution in [1.29, 1.82) is 0 Å². The Bertz CT molecular complexity index is 1380. The summed E-state index contributed by atoms with van der Waals surface area (Å²) < 4.78 is 121. The van der Waals surface area contributed by atoms with Gasteiger partial charge in [0.1, 0.15) is 10.6 Å². The highest BCUT2D eigenvalue weighted by Crippen LogP contribution is 2.50. The van der Waals surface area contributed by atoms with Crippen LogP contribution in [0.2, 0.25) is 10.0 Å².